The zero-order valence-corrected chi connectivity index (χ0v) is 22.8. The second-order valence-corrected chi connectivity index (χ2v) is 9.79. The lowest BCUT2D eigenvalue weighted by Crippen LogP contribution is -2.21. The van der Waals surface area contributed by atoms with Crippen LogP contribution in [0.4, 0.5) is 10.1 Å². The van der Waals surface area contributed by atoms with Crippen molar-refractivity contribution >= 4 is 69.7 Å². The normalized spacial score (nSPS) is 10.8. The number of hydrogen-bond donors (Lipinski definition) is 2. The molecule has 7 nitrogen and oxygen atoms in total. The first-order chi connectivity index (χ1) is 17.3. The predicted molar refractivity (Wildman–Crippen MR) is 149 cm³/mol. The molecule has 11 heteroatoms. The minimum atomic E-state index is -0.398. The van der Waals surface area contributed by atoms with E-state index < -0.39 is 5.91 Å². The van der Waals surface area contributed by atoms with Crippen molar-refractivity contribution in [2.24, 2.45) is 5.10 Å². The third-order valence-corrected chi connectivity index (χ3v) is 6.46. The highest BCUT2D eigenvalue weighted by molar-refractivity contribution is 14.1. The number of halogens is 3. The van der Waals surface area contributed by atoms with Crippen molar-refractivity contribution in [1.29, 1.82) is 0 Å². The van der Waals surface area contributed by atoms with Gasteiger partial charge in [0.05, 0.1) is 22.1 Å². The van der Waals surface area contributed by atoms with E-state index in [0.29, 0.717) is 37.9 Å². The summed E-state index contributed by atoms with van der Waals surface area (Å²) in [6.07, 6.45) is 1.50. The highest BCUT2D eigenvalue weighted by atomic mass is 127. The maximum absolute atomic E-state index is 13.0. The minimum absolute atomic E-state index is 0.202. The Morgan fingerprint density at radius 1 is 1.08 bits per heavy atom. The van der Waals surface area contributed by atoms with Gasteiger partial charge in [0, 0.05) is 15.6 Å². The van der Waals surface area contributed by atoms with Crippen LogP contribution in [0.2, 0.25) is 5.02 Å². The van der Waals surface area contributed by atoms with Gasteiger partial charge in [0.1, 0.15) is 5.82 Å². The van der Waals surface area contributed by atoms with Crippen LogP contribution in [-0.2, 0) is 9.59 Å². The number of anilines is 1. The Morgan fingerprint density at radius 2 is 1.81 bits per heavy atom. The Hall–Kier alpha value is -2.83. The summed E-state index contributed by atoms with van der Waals surface area (Å²) in [6.45, 7) is 1.95. The molecule has 0 aliphatic rings. The molecule has 2 amide bonds. The van der Waals surface area contributed by atoms with Crippen molar-refractivity contribution in [2.75, 3.05) is 24.3 Å². The van der Waals surface area contributed by atoms with E-state index in [-0.39, 0.29) is 24.1 Å². The van der Waals surface area contributed by atoms with E-state index in [2.05, 4.69) is 38.4 Å². The van der Waals surface area contributed by atoms with Gasteiger partial charge in [0.2, 0.25) is 5.91 Å². The Balaban J connectivity index is 1.56. The summed E-state index contributed by atoms with van der Waals surface area (Å²) in [6, 6.07) is 16.2. The average molecular weight is 642 g/mol. The quantitative estimate of drug-likeness (QED) is 0.121. The molecule has 0 aliphatic carbocycles. The summed E-state index contributed by atoms with van der Waals surface area (Å²) in [4.78, 5) is 25.3. The fourth-order valence-corrected chi connectivity index (χ4v) is 4.42. The van der Waals surface area contributed by atoms with E-state index in [9.17, 15) is 14.0 Å². The molecule has 2 N–H and O–H groups in total. The molecule has 0 heterocycles. The molecule has 3 aromatic rings. The lowest BCUT2D eigenvalue weighted by atomic mass is 10.2. The van der Waals surface area contributed by atoms with E-state index in [4.69, 9.17) is 21.1 Å². The SMILES string of the molecule is CCOc1cc(/C=N\NC(=O)CSc2ccc(Cl)cc2)cc(I)c1OCC(=O)Nc1ccc(F)cc1. The Bertz CT molecular complexity index is 1230. The van der Waals surface area contributed by atoms with Crippen LogP contribution in [0, 0.1) is 9.39 Å². The number of rotatable bonds is 11. The number of nitrogens with zero attached hydrogens (tertiary/aromatic N) is 1. The third-order valence-electron chi connectivity index (χ3n) is 4.39. The molecule has 3 rings (SSSR count). The molecular formula is C25H22ClFIN3O4S. The van der Waals surface area contributed by atoms with Crippen LogP contribution >= 0.6 is 46.0 Å². The number of carbonyl (C=O) groups is 2. The monoisotopic (exact) mass is 641 g/mol. The van der Waals surface area contributed by atoms with Crippen LogP contribution in [-0.4, -0.2) is 37.0 Å². The standard InChI is InChI=1S/C25H22ClFIN3O4S/c1-2-34-22-12-16(13-29-31-24(33)15-36-20-9-3-17(26)4-10-20)11-21(28)25(22)35-14-23(32)30-19-7-5-18(27)6-8-19/h3-13H,2,14-15H2,1H3,(H,30,32)(H,31,33)/b29-13-. The number of hydrazone groups is 1. The molecule has 0 bridgehead atoms. The van der Waals surface area contributed by atoms with Gasteiger partial charge in [-0.15, -0.1) is 11.8 Å². The minimum Gasteiger partial charge on any atom is -0.490 e. The van der Waals surface area contributed by atoms with Crippen molar-refractivity contribution in [3.63, 3.8) is 0 Å². The predicted octanol–water partition coefficient (Wildman–Crippen LogP) is 5.74. The fourth-order valence-electron chi connectivity index (χ4n) is 2.82. The number of nitrogens with one attached hydrogen (secondary N) is 2. The number of benzene rings is 3. The zero-order chi connectivity index (χ0) is 25.9. The van der Waals surface area contributed by atoms with Crippen molar-refractivity contribution in [1.82, 2.24) is 5.43 Å². The van der Waals surface area contributed by atoms with Crippen molar-refractivity contribution in [3.05, 3.63) is 80.6 Å². The first-order valence-corrected chi connectivity index (χ1v) is 13.1. The van der Waals surface area contributed by atoms with Gasteiger partial charge >= 0.3 is 0 Å². The van der Waals surface area contributed by atoms with Crippen LogP contribution in [0.15, 0.2) is 70.7 Å². The maximum atomic E-state index is 13.0. The maximum Gasteiger partial charge on any atom is 0.262 e. The van der Waals surface area contributed by atoms with Gasteiger partial charge in [-0.2, -0.15) is 5.10 Å². The molecule has 188 valence electrons. The smallest absolute Gasteiger partial charge is 0.262 e. The van der Waals surface area contributed by atoms with Crippen LogP contribution in [0.3, 0.4) is 0 Å². The molecule has 0 radical (unpaired) electrons. The van der Waals surface area contributed by atoms with Crippen molar-refractivity contribution < 1.29 is 23.5 Å². The lowest BCUT2D eigenvalue weighted by molar-refractivity contribution is -0.119. The van der Waals surface area contributed by atoms with E-state index in [1.54, 1.807) is 24.3 Å². The molecule has 36 heavy (non-hydrogen) atoms. The Labute approximate surface area is 230 Å². The molecule has 0 saturated carbocycles. The summed E-state index contributed by atoms with van der Waals surface area (Å²) in [7, 11) is 0. The largest absolute Gasteiger partial charge is 0.490 e. The van der Waals surface area contributed by atoms with E-state index in [1.807, 2.05) is 19.1 Å². The fraction of sp³-hybridized carbons (Fsp3) is 0.160. The first-order valence-electron chi connectivity index (χ1n) is 10.7. The molecule has 0 aromatic heterocycles. The number of ether oxygens (including phenoxy) is 2. The highest BCUT2D eigenvalue weighted by Crippen LogP contribution is 2.34. The Kier molecular flexibility index (Phi) is 10.8. The van der Waals surface area contributed by atoms with Gasteiger partial charge in [-0.05, 0) is 95.7 Å². The summed E-state index contributed by atoms with van der Waals surface area (Å²) in [5, 5.41) is 7.30. The van der Waals surface area contributed by atoms with E-state index >= 15 is 0 Å². The molecule has 3 aromatic carbocycles. The molecule has 0 fully saturated rings. The van der Waals surface area contributed by atoms with Gasteiger partial charge in [-0.1, -0.05) is 11.6 Å². The van der Waals surface area contributed by atoms with E-state index in [1.165, 1.54) is 42.2 Å². The number of thioether (sulfide) groups is 1. The van der Waals surface area contributed by atoms with Crippen LogP contribution in [0.1, 0.15) is 12.5 Å². The van der Waals surface area contributed by atoms with Gasteiger partial charge in [0.25, 0.3) is 5.91 Å². The Morgan fingerprint density at radius 3 is 2.50 bits per heavy atom. The molecule has 0 spiro atoms. The van der Waals surface area contributed by atoms with Crippen LogP contribution in [0.25, 0.3) is 0 Å². The van der Waals surface area contributed by atoms with Crippen molar-refractivity contribution in [2.45, 2.75) is 11.8 Å². The molecule has 0 atom stereocenters. The van der Waals surface area contributed by atoms with E-state index in [0.717, 1.165) is 4.90 Å². The first kappa shape index (κ1) is 27.8. The number of amides is 2. The second kappa shape index (κ2) is 14.0. The second-order valence-electron chi connectivity index (χ2n) is 7.14. The van der Waals surface area contributed by atoms with Gasteiger partial charge < -0.3 is 14.8 Å². The van der Waals surface area contributed by atoms with Gasteiger partial charge in [-0.25, -0.2) is 9.82 Å². The van der Waals surface area contributed by atoms with Gasteiger partial charge in [0.15, 0.2) is 18.1 Å². The van der Waals surface area contributed by atoms with Crippen molar-refractivity contribution in [3.8, 4) is 11.5 Å². The molecule has 0 unspecified atom stereocenters. The van der Waals surface area contributed by atoms with Crippen LogP contribution < -0.4 is 20.2 Å². The van der Waals surface area contributed by atoms with Gasteiger partial charge in [-0.3, -0.25) is 9.59 Å². The molecular weight excluding hydrogens is 620 g/mol. The molecule has 0 aliphatic heterocycles. The number of hydrogen-bond acceptors (Lipinski definition) is 6. The zero-order valence-electron chi connectivity index (χ0n) is 19.1. The lowest BCUT2D eigenvalue weighted by Gasteiger charge is -2.14. The summed E-state index contributed by atoms with van der Waals surface area (Å²) < 4.78 is 25.1. The number of carbonyl (C=O) groups excluding carboxylic acids is 2. The summed E-state index contributed by atoms with van der Waals surface area (Å²) in [5.74, 6) is 0.00761. The topological polar surface area (TPSA) is 89.0 Å². The molecule has 0 saturated heterocycles. The average Bonchev–Trinajstić information content (AvgIpc) is 2.85. The summed E-state index contributed by atoms with van der Waals surface area (Å²) in [5.41, 5.74) is 3.64. The van der Waals surface area contributed by atoms with Crippen LogP contribution in [0.5, 0.6) is 11.5 Å². The highest BCUT2D eigenvalue weighted by Gasteiger charge is 2.14. The third kappa shape index (κ3) is 8.99. The summed E-state index contributed by atoms with van der Waals surface area (Å²) >= 11 is 9.31.